The molecule has 0 N–H and O–H groups in total. The predicted octanol–water partition coefficient (Wildman–Crippen LogP) is 1.72. The lowest BCUT2D eigenvalue weighted by Gasteiger charge is -2.17. The van der Waals surface area contributed by atoms with Gasteiger partial charge in [-0.1, -0.05) is 13.8 Å². The predicted molar refractivity (Wildman–Crippen MR) is 73.2 cm³/mol. The smallest absolute Gasteiger partial charge is 0.303 e. The van der Waals surface area contributed by atoms with Crippen LogP contribution in [-0.4, -0.2) is 40.0 Å². The maximum absolute atomic E-state index is 11.9. The molecule has 6 heteroatoms. The van der Waals surface area contributed by atoms with Crippen LogP contribution in [0.2, 0.25) is 0 Å². The zero-order valence-corrected chi connectivity index (χ0v) is 12.1. The highest BCUT2D eigenvalue weighted by Gasteiger charge is 2.33. The lowest BCUT2D eigenvalue weighted by Crippen LogP contribution is -2.30. The lowest BCUT2D eigenvalue weighted by atomic mass is 10.3. The van der Waals surface area contributed by atoms with Gasteiger partial charge in [-0.2, -0.15) is 12.7 Å². The summed E-state index contributed by atoms with van der Waals surface area (Å²) in [6.07, 6.45) is 0. The molecule has 0 unspecified atom stereocenters. The average molecular weight is 272 g/mol. The first kappa shape index (κ1) is 14.8. The van der Waals surface area contributed by atoms with E-state index < -0.39 is 10.2 Å². The molecule has 2 rings (SSSR count). The van der Waals surface area contributed by atoms with Crippen molar-refractivity contribution in [3.63, 3.8) is 0 Å². The second-order valence-electron chi connectivity index (χ2n) is 3.60. The topological polar surface area (TPSA) is 49.9 Å². The van der Waals surface area contributed by atoms with Gasteiger partial charge in [-0.15, -0.1) is 0 Å². The van der Waals surface area contributed by atoms with Crippen LogP contribution in [0.4, 0.5) is 5.69 Å². The molecule has 0 radical (unpaired) electrons. The highest BCUT2D eigenvalue weighted by molar-refractivity contribution is 7.90. The van der Waals surface area contributed by atoms with Crippen molar-refractivity contribution in [1.82, 2.24) is 4.31 Å². The minimum absolute atomic E-state index is 0.491. The van der Waals surface area contributed by atoms with Crippen molar-refractivity contribution in [1.29, 1.82) is 0 Å². The molecule has 0 saturated carbocycles. The van der Waals surface area contributed by atoms with Crippen LogP contribution in [0.5, 0.6) is 5.75 Å². The molecule has 1 aromatic carbocycles. The van der Waals surface area contributed by atoms with E-state index in [9.17, 15) is 8.42 Å². The molecule has 102 valence electrons. The van der Waals surface area contributed by atoms with Gasteiger partial charge in [0.1, 0.15) is 5.75 Å². The number of hydrogen-bond donors (Lipinski definition) is 0. The molecule has 5 nitrogen and oxygen atoms in total. The highest BCUT2D eigenvalue weighted by Crippen LogP contribution is 2.25. The van der Waals surface area contributed by atoms with Crippen molar-refractivity contribution in [2.24, 2.45) is 0 Å². The third-order valence-electron chi connectivity index (χ3n) is 2.65. The first-order valence-electron chi connectivity index (χ1n) is 5.94. The van der Waals surface area contributed by atoms with Gasteiger partial charge in [0.05, 0.1) is 12.8 Å². The lowest BCUT2D eigenvalue weighted by molar-refractivity contribution is 0.415. The summed E-state index contributed by atoms with van der Waals surface area (Å²) in [7, 11) is -0.152. The first-order valence-corrected chi connectivity index (χ1v) is 7.33. The van der Waals surface area contributed by atoms with Crippen molar-refractivity contribution < 1.29 is 13.2 Å². The summed E-state index contributed by atoms with van der Waals surface area (Å²) in [5.74, 6) is 0.716. The minimum Gasteiger partial charge on any atom is -0.497 e. The summed E-state index contributed by atoms with van der Waals surface area (Å²) >= 11 is 0. The Kier molecular flexibility index (Phi) is 4.98. The van der Waals surface area contributed by atoms with Crippen molar-refractivity contribution in [2.75, 3.05) is 31.6 Å². The van der Waals surface area contributed by atoms with Crippen LogP contribution in [0.25, 0.3) is 0 Å². The van der Waals surface area contributed by atoms with E-state index in [-0.39, 0.29) is 0 Å². The molecular weight excluding hydrogens is 252 g/mol. The first-order chi connectivity index (χ1) is 8.55. The van der Waals surface area contributed by atoms with Gasteiger partial charge in [-0.05, 0) is 24.3 Å². The number of benzene rings is 1. The summed E-state index contributed by atoms with van der Waals surface area (Å²) in [6, 6.07) is 7.00. The molecule has 0 aliphatic carbocycles. The molecule has 1 fully saturated rings. The Morgan fingerprint density at radius 2 is 1.67 bits per heavy atom. The van der Waals surface area contributed by atoms with Crippen LogP contribution in [0, 0.1) is 0 Å². The molecule has 0 aromatic heterocycles. The molecule has 18 heavy (non-hydrogen) atoms. The molecule has 0 bridgehead atoms. The third kappa shape index (κ3) is 2.76. The van der Waals surface area contributed by atoms with Crippen LogP contribution >= 0.6 is 0 Å². The van der Waals surface area contributed by atoms with Gasteiger partial charge in [-0.25, -0.2) is 0 Å². The van der Waals surface area contributed by atoms with Gasteiger partial charge in [0.15, 0.2) is 0 Å². The Labute approximate surface area is 109 Å². The monoisotopic (exact) mass is 272 g/mol. The van der Waals surface area contributed by atoms with Gasteiger partial charge in [0.2, 0.25) is 0 Å². The number of anilines is 1. The van der Waals surface area contributed by atoms with E-state index >= 15 is 0 Å². The van der Waals surface area contributed by atoms with Crippen molar-refractivity contribution in [3.8, 4) is 5.75 Å². The summed E-state index contributed by atoms with van der Waals surface area (Å²) in [5.41, 5.74) is 0.671. The SMILES string of the molecule is CC.COc1ccc(N2CCN(C)S2(=O)=O)cc1. The second-order valence-corrected chi connectivity index (χ2v) is 5.56. The minimum atomic E-state index is -3.31. The molecular formula is C12H20N2O3S. The number of ether oxygens (including phenoxy) is 1. The number of methoxy groups -OCH3 is 1. The van der Waals surface area contributed by atoms with Gasteiger partial charge in [-0.3, -0.25) is 4.31 Å². The summed E-state index contributed by atoms with van der Waals surface area (Å²) < 4.78 is 31.5. The number of nitrogens with zero attached hydrogens (tertiary/aromatic N) is 2. The summed E-state index contributed by atoms with van der Waals surface area (Å²) in [5, 5.41) is 0. The Morgan fingerprint density at radius 3 is 2.06 bits per heavy atom. The Morgan fingerprint density at radius 1 is 1.11 bits per heavy atom. The van der Waals surface area contributed by atoms with Gasteiger partial charge in [0, 0.05) is 20.1 Å². The average Bonchev–Trinajstić information content (AvgIpc) is 2.67. The second kappa shape index (κ2) is 6.06. The van der Waals surface area contributed by atoms with E-state index in [1.165, 1.54) is 8.61 Å². The molecule has 1 heterocycles. The van der Waals surface area contributed by atoms with E-state index in [1.807, 2.05) is 13.8 Å². The molecule has 0 amide bonds. The highest BCUT2D eigenvalue weighted by atomic mass is 32.2. The Bertz CT molecular complexity index is 471. The van der Waals surface area contributed by atoms with E-state index in [0.29, 0.717) is 24.5 Å². The molecule has 0 atom stereocenters. The molecule has 1 saturated heterocycles. The maximum Gasteiger partial charge on any atom is 0.303 e. The van der Waals surface area contributed by atoms with Gasteiger partial charge in [0.25, 0.3) is 0 Å². The van der Waals surface area contributed by atoms with Crippen LogP contribution in [0.15, 0.2) is 24.3 Å². The zero-order valence-electron chi connectivity index (χ0n) is 11.3. The molecule has 1 aliphatic rings. The van der Waals surface area contributed by atoms with Crippen molar-refractivity contribution in [3.05, 3.63) is 24.3 Å². The zero-order chi connectivity index (χ0) is 13.8. The van der Waals surface area contributed by atoms with E-state index in [4.69, 9.17) is 4.74 Å². The van der Waals surface area contributed by atoms with Gasteiger partial charge >= 0.3 is 10.2 Å². The fourth-order valence-electron chi connectivity index (χ4n) is 1.64. The molecule has 1 aromatic rings. The van der Waals surface area contributed by atoms with Crippen LogP contribution in [-0.2, 0) is 10.2 Å². The number of likely N-dealkylation sites (N-methyl/N-ethyl adjacent to an activating group) is 1. The van der Waals surface area contributed by atoms with E-state index in [0.717, 1.165) is 0 Å². The molecule has 0 spiro atoms. The van der Waals surface area contributed by atoms with Gasteiger partial charge < -0.3 is 4.74 Å². The summed E-state index contributed by atoms with van der Waals surface area (Å²) in [6.45, 7) is 5.01. The normalized spacial score (nSPS) is 18.1. The Hall–Kier alpha value is -1.27. The standard InChI is InChI=1S/C10H14N2O3S.C2H6/c1-11-7-8-12(16(11,13)14)9-3-5-10(15-2)6-4-9;1-2/h3-6H,7-8H2,1-2H3;1-2H3. The van der Waals surface area contributed by atoms with E-state index in [2.05, 4.69) is 0 Å². The summed E-state index contributed by atoms with van der Waals surface area (Å²) in [4.78, 5) is 0. The van der Waals surface area contributed by atoms with Crippen molar-refractivity contribution >= 4 is 15.9 Å². The quantitative estimate of drug-likeness (QED) is 0.823. The maximum atomic E-state index is 11.9. The number of rotatable bonds is 2. The van der Waals surface area contributed by atoms with Crippen LogP contribution in [0.3, 0.4) is 0 Å². The van der Waals surface area contributed by atoms with E-state index in [1.54, 1.807) is 38.4 Å². The largest absolute Gasteiger partial charge is 0.497 e. The fraction of sp³-hybridized carbons (Fsp3) is 0.500. The Balaban J connectivity index is 0.000000771. The van der Waals surface area contributed by atoms with Crippen LogP contribution < -0.4 is 9.04 Å². The fourth-order valence-corrected chi connectivity index (χ4v) is 2.99. The number of hydrogen-bond acceptors (Lipinski definition) is 3. The third-order valence-corrected chi connectivity index (χ3v) is 4.57. The molecule has 1 aliphatic heterocycles. The van der Waals surface area contributed by atoms with Crippen molar-refractivity contribution in [2.45, 2.75) is 13.8 Å². The van der Waals surface area contributed by atoms with Crippen LogP contribution in [0.1, 0.15) is 13.8 Å².